The van der Waals surface area contributed by atoms with Gasteiger partial charge in [-0.05, 0) is 80.1 Å². The number of carbonyl (C=O) groups is 1. The number of aromatic nitrogens is 1. The summed E-state index contributed by atoms with van der Waals surface area (Å²) in [5, 5.41) is 7.26. The minimum absolute atomic E-state index is 0.273. The van der Waals surface area contributed by atoms with Gasteiger partial charge in [-0.25, -0.2) is 4.98 Å². The normalized spacial score (nSPS) is 12.3. The van der Waals surface area contributed by atoms with E-state index in [4.69, 9.17) is 27.9 Å². The molecule has 3 aromatic carbocycles. The van der Waals surface area contributed by atoms with E-state index in [1.807, 2.05) is 6.92 Å². The van der Waals surface area contributed by atoms with Crippen LogP contribution in [-0.4, -0.2) is 17.0 Å². The molecule has 0 bridgehead atoms. The van der Waals surface area contributed by atoms with Gasteiger partial charge >= 0.3 is 6.18 Å². The van der Waals surface area contributed by atoms with Crippen LogP contribution in [0.4, 0.5) is 30.4 Å². The fourth-order valence-corrected chi connectivity index (χ4v) is 3.97. The number of nitrogens with zero attached hydrogens (tertiary/aromatic N) is 1. The van der Waals surface area contributed by atoms with Crippen molar-refractivity contribution in [3.8, 4) is 5.75 Å². The molecule has 10 heteroatoms. The molecule has 1 atom stereocenters. The molecule has 2 N–H and O–H groups in total. The largest absolute Gasteiger partial charge is 0.479 e. The Morgan fingerprint density at radius 2 is 1.78 bits per heavy atom. The Kier molecular flexibility index (Phi) is 7.28. The minimum atomic E-state index is -4.44. The highest BCUT2D eigenvalue weighted by molar-refractivity contribution is 6.35. The lowest BCUT2D eigenvalue weighted by molar-refractivity contribution is -0.137. The summed E-state index contributed by atoms with van der Waals surface area (Å²) in [7, 11) is 0. The summed E-state index contributed by atoms with van der Waals surface area (Å²) in [6, 6.07) is 16.5. The lowest BCUT2D eigenvalue weighted by atomic mass is 10.1. The van der Waals surface area contributed by atoms with Crippen molar-refractivity contribution in [3.63, 3.8) is 0 Å². The Hall–Kier alpha value is -3.49. The number of hydrogen-bond donors (Lipinski definition) is 2. The molecular weight excluding hydrogens is 514 g/mol. The van der Waals surface area contributed by atoms with Crippen molar-refractivity contribution >= 4 is 57.2 Å². The van der Waals surface area contributed by atoms with Crippen LogP contribution in [0.25, 0.3) is 10.9 Å². The Morgan fingerprint density at radius 3 is 2.50 bits per heavy atom. The second kappa shape index (κ2) is 10.2. The molecule has 0 aliphatic rings. The van der Waals surface area contributed by atoms with Gasteiger partial charge in [0.2, 0.25) is 0 Å². The van der Waals surface area contributed by atoms with Crippen LogP contribution in [0.3, 0.4) is 0 Å². The number of aryl methyl sites for hydroxylation is 1. The van der Waals surface area contributed by atoms with Gasteiger partial charge < -0.3 is 15.4 Å². The number of rotatable bonds is 6. The van der Waals surface area contributed by atoms with Gasteiger partial charge in [-0.1, -0.05) is 29.3 Å². The Balaban J connectivity index is 1.49. The molecular formula is C26H20Cl2F3N3O2. The highest BCUT2D eigenvalue weighted by Crippen LogP contribution is 2.32. The third-order valence-corrected chi connectivity index (χ3v) is 5.84. The first-order chi connectivity index (χ1) is 17.0. The highest BCUT2D eigenvalue weighted by Gasteiger charge is 2.30. The molecule has 4 rings (SSSR count). The molecule has 0 aliphatic carbocycles. The first-order valence-electron chi connectivity index (χ1n) is 10.8. The van der Waals surface area contributed by atoms with E-state index in [9.17, 15) is 18.0 Å². The third kappa shape index (κ3) is 6.01. The van der Waals surface area contributed by atoms with Crippen LogP contribution in [0.2, 0.25) is 10.0 Å². The van der Waals surface area contributed by atoms with Gasteiger partial charge in [0.1, 0.15) is 11.6 Å². The number of fused-ring (bicyclic) bond motifs is 1. The van der Waals surface area contributed by atoms with Crippen LogP contribution in [-0.2, 0) is 11.0 Å². The van der Waals surface area contributed by atoms with Crippen LogP contribution in [0.1, 0.15) is 18.1 Å². The smallest absolute Gasteiger partial charge is 0.416 e. The van der Waals surface area contributed by atoms with E-state index >= 15 is 0 Å². The topological polar surface area (TPSA) is 63.2 Å². The first-order valence-corrected chi connectivity index (χ1v) is 11.5. The Labute approximate surface area is 215 Å². The second-order valence-electron chi connectivity index (χ2n) is 8.08. The maximum atomic E-state index is 13.0. The zero-order valence-electron chi connectivity index (χ0n) is 19.1. The van der Waals surface area contributed by atoms with Crippen molar-refractivity contribution in [2.24, 2.45) is 0 Å². The lowest BCUT2D eigenvalue weighted by Gasteiger charge is -2.16. The standard InChI is InChI=1S/C26H20Cl2F3N3O2/c1-14-10-24(32-18-5-3-4-16(11-18)26(29,30)31)34-22-8-7-19(13-20(14)22)33-25(35)15(2)36-23-9-6-17(27)12-21(23)28/h3-13,15H,1-2H3,(H,32,34)(H,33,35)/t15-/m1/s1. The van der Waals surface area contributed by atoms with Gasteiger partial charge in [0.05, 0.1) is 16.1 Å². The average molecular weight is 534 g/mol. The van der Waals surface area contributed by atoms with Crippen LogP contribution < -0.4 is 15.4 Å². The van der Waals surface area contributed by atoms with Crippen molar-refractivity contribution in [3.05, 3.63) is 87.9 Å². The number of hydrogen-bond acceptors (Lipinski definition) is 4. The van der Waals surface area contributed by atoms with E-state index in [1.54, 1.807) is 43.3 Å². The molecule has 36 heavy (non-hydrogen) atoms. The fourth-order valence-electron chi connectivity index (χ4n) is 3.52. The summed E-state index contributed by atoms with van der Waals surface area (Å²) in [6.45, 7) is 3.45. The van der Waals surface area contributed by atoms with Crippen LogP contribution >= 0.6 is 23.2 Å². The zero-order chi connectivity index (χ0) is 26.0. The Bertz CT molecular complexity index is 1440. The zero-order valence-corrected chi connectivity index (χ0v) is 20.6. The fraction of sp³-hybridized carbons (Fsp3) is 0.154. The third-order valence-electron chi connectivity index (χ3n) is 5.31. The monoisotopic (exact) mass is 533 g/mol. The number of benzene rings is 3. The van der Waals surface area contributed by atoms with Crippen molar-refractivity contribution < 1.29 is 22.7 Å². The van der Waals surface area contributed by atoms with E-state index in [2.05, 4.69) is 15.6 Å². The van der Waals surface area contributed by atoms with Crippen LogP contribution in [0.5, 0.6) is 5.75 Å². The molecule has 0 saturated heterocycles. The van der Waals surface area contributed by atoms with Crippen molar-refractivity contribution in [1.29, 1.82) is 0 Å². The van der Waals surface area contributed by atoms with Gasteiger partial charge in [-0.2, -0.15) is 13.2 Å². The Morgan fingerprint density at radius 1 is 1.00 bits per heavy atom. The average Bonchev–Trinajstić information content (AvgIpc) is 2.81. The number of ether oxygens (including phenoxy) is 1. The molecule has 186 valence electrons. The maximum Gasteiger partial charge on any atom is 0.416 e. The molecule has 4 aromatic rings. The molecule has 5 nitrogen and oxygen atoms in total. The van der Waals surface area contributed by atoms with E-state index in [-0.39, 0.29) is 11.6 Å². The van der Waals surface area contributed by atoms with E-state index in [1.165, 1.54) is 18.2 Å². The number of nitrogens with one attached hydrogen (secondary N) is 2. The maximum absolute atomic E-state index is 13.0. The van der Waals surface area contributed by atoms with Crippen LogP contribution in [0, 0.1) is 6.92 Å². The number of anilines is 3. The van der Waals surface area contributed by atoms with Crippen LogP contribution in [0.15, 0.2) is 66.7 Å². The molecule has 0 spiro atoms. The molecule has 0 radical (unpaired) electrons. The number of carbonyl (C=O) groups excluding carboxylic acids is 1. The predicted octanol–water partition coefficient (Wildman–Crippen LogP) is 8.02. The molecule has 0 aliphatic heterocycles. The lowest BCUT2D eigenvalue weighted by Crippen LogP contribution is -2.30. The van der Waals surface area contributed by atoms with Gasteiger partial charge in [0, 0.05) is 21.8 Å². The van der Waals surface area contributed by atoms with Gasteiger partial charge in [0.25, 0.3) is 5.91 Å². The van der Waals surface area contributed by atoms with Crippen molar-refractivity contribution in [2.45, 2.75) is 26.1 Å². The van der Waals surface area contributed by atoms with E-state index in [0.717, 1.165) is 23.1 Å². The van der Waals surface area contributed by atoms with Crippen molar-refractivity contribution in [2.75, 3.05) is 10.6 Å². The van der Waals surface area contributed by atoms with E-state index < -0.39 is 17.8 Å². The number of amides is 1. The summed E-state index contributed by atoms with van der Waals surface area (Å²) in [5.41, 5.74) is 1.49. The number of pyridine rings is 1. The minimum Gasteiger partial charge on any atom is -0.479 e. The highest BCUT2D eigenvalue weighted by atomic mass is 35.5. The predicted molar refractivity (Wildman–Crippen MR) is 136 cm³/mol. The summed E-state index contributed by atoms with van der Waals surface area (Å²) in [6.07, 6.45) is -5.27. The number of alkyl halides is 3. The molecule has 0 fully saturated rings. The summed E-state index contributed by atoms with van der Waals surface area (Å²) >= 11 is 12.0. The molecule has 1 aromatic heterocycles. The number of halogens is 5. The quantitative estimate of drug-likeness (QED) is 0.263. The summed E-state index contributed by atoms with van der Waals surface area (Å²) < 4.78 is 44.7. The molecule has 1 heterocycles. The van der Waals surface area contributed by atoms with Gasteiger partial charge in [-0.3, -0.25) is 4.79 Å². The van der Waals surface area contributed by atoms with Gasteiger partial charge in [0.15, 0.2) is 6.10 Å². The SMILES string of the molecule is Cc1cc(Nc2cccc(C(F)(F)F)c2)nc2ccc(NC(=O)[C@@H](C)Oc3ccc(Cl)cc3Cl)cc12. The van der Waals surface area contributed by atoms with Crippen molar-refractivity contribution in [1.82, 2.24) is 4.98 Å². The molecule has 0 unspecified atom stereocenters. The molecule has 0 saturated carbocycles. The van der Waals surface area contributed by atoms with E-state index in [0.29, 0.717) is 32.8 Å². The van der Waals surface area contributed by atoms with Gasteiger partial charge in [-0.15, -0.1) is 0 Å². The second-order valence-corrected chi connectivity index (χ2v) is 8.93. The summed E-state index contributed by atoms with van der Waals surface area (Å²) in [4.78, 5) is 17.2. The molecule has 1 amide bonds. The first kappa shape index (κ1) is 25.6. The summed E-state index contributed by atoms with van der Waals surface area (Å²) in [5.74, 6) is 0.356.